The van der Waals surface area contributed by atoms with E-state index >= 15 is 0 Å². The third-order valence-corrected chi connectivity index (χ3v) is 3.50. The number of nitrogens with zero attached hydrogens (tertiary/aromatic N) is 1. The molecule has 1 saturated heterocycles. The molecule has 0 aliphatic carbocycles. The number of benzene rings is 1. The van der Waals surface area contributed by atoms with Crippen LogP contribution in [-0.4, -0.2) is 48.1 Å². The lowest BCUT2D eigenvalue weighted by Gasteiger charge is -2.46. The van der Waals surface area contributed by atoms with E-state index in [1.54, 1.807) is 4.90 Å². The largest absolute Gasteiger partial charge is 0.444 e. The summed E-state index contributed by atoms with van der Waals surface area (Å²) in [5.41, 5.74) is -0.618. The van der Waals surface area contributed by atoms with Gasteiger partial charge in [-0.05, 0) is 26.3 Å². The minimum absolute atomic E-state index is 0.212. The number of hydrogen-bond acceptors (Lipinski definition) is 4. The van der Waals surface area contributed by atoms with Gasteiger partial charge in [-0.15, -0.1) is 0 Å². The second-order valence-electron chi connectivity index (χ2n) is 6.24. The molecule has 1 amide bonds. The minimum atomic E-state index is -0.887. The van der Waals surface area contributed by atoms with E-state index in [9.17, 15) is 9.90 Å². The molecule has 1 aromatic rings. The van der Waals surface area contributed by atoms with Crippen LogP contribution >= 0.6 is 0 Å². The summed E-state index contributed by atoms with van der Waals surface area (Å²) in [6, 6.07) is 9.45. The lowest BCUT2D eigenvalue weighted by molar-refractivity contribution is -0.0968. The van der Waals surface area contributed by atoms with E-state index in [4.69, 9.17) is 9.47 Å². The zero-order valence-electron chi connectivity index (χ0n) is 12.8. The quantitative estimate of drug-likeness (QED) is 0.907. The van der Waals surface area contributed by atoms with E-state index < -0.39 is 17.2 Å². The number of carbonyl (C=O) groups excluding carboxylic acids is 1. The van der Waals surface area contributed by atoms with Gasteiger partial charge in [-0.3, -0.25) is 4.90 Å². The van der Waals surface area contributed by atoms with Crippen molar-refractivity contribution in [2.24, 2.45) is 0 Å². The molecule has 1 aliphatic heterocycles. The highest BCUT2D eigenvalue weighted by molar-refractivity contribution is 5.70. The fourth-order valence-corrected chi connectivity index (χ4v) is 2.48. The number of carbonyl (C=O) groups is 1. The first kappa shape index (κ1) is 15.8. The van der Waals surface area contributed by atoms with Crippen molar-refractivity contribution in [3.8, 4) is 0 Å². The number of ether oxygens (including phenoxy) is 2. The third-order valence-electron chi connectivity index (χ3n) is 3.50. The van der Waals surface area contributed by atoms with Gasteiger partial charge in [0, 0.05) is 6.54 Å². The summed E-state index contributed by atoms with van der Waals surface area (Å²) >= 11 is 0. The fraction of sp³-hybridized carbons (Fsp3) is 0.562. The molecule has 21 heavy (non-hydrogen) atoms. The van der Waals surface area contributed by atoms with Gasteiger partial charge in [-0.2, -0.15) is 0 Å². The normalized spacial score (nSPS) is 23.0. The summed E-state index contributed by atoms with van der Waals surface area (Å²) in [4.78, 5) is 14.1. The number of hydrogen-bond donors (Lipinski definition) is 1. The molecule has 5 heteroatoms. The van der Waals surface area contributed by atoms with Crippen molar-refractivity contribution in [1.29, 1.82) is 0 Å². The molecule has 2 rings (SSSR count). The molecule has 0 radical (unpaired) electrons. The zero-order valence-corrected chi connectivity index (χ0v) is 12.8. The maximum atomic E-state index is 12.5. The third kappa shape index (κ3) is 3.36. The molecule has 0 spiro atoms. The number of morpholine rings is 1. The average Bonchev–Trinajstić information content (AvgIpc) is 2.46. The Balaban J connectivity index is 2.34. The van der Waals surface area contributed by atoms with Crippen molar-refractivity contribution < 1.29 is 19.4 Å². The predicted octanol–water partition coefficient (Wildman–Crippen LogP) is 2.14. The van der Waals surface area contributed by atoms with Crippen LogP contribution in [0.4, 0.5) is 4.79 Å². The number of aliphatic hydroxyl groups is 1. The van der Waals surface area contributed by atoms with E-state index in [-0.39, 0.29) is 13.2 Å². The van der Waals surface area contributed by atoms with Crippen LogP contribution in [-0.2, 0) is 15.0 Å². The van der Waals surface area contributed by atoms with E-state index in [1.807, 2.05) is 51.1 Å². The smallest absolute Gasteiger partial charge is 0.411 e. The van der Waals surface area contributed by atoms with Crippen molar-refractivity contribution in [2.45, 2.75) is 31.9 Å². The van der Waals surface area contributed by atoms with Gasteiger partial charge in [0.15, 0.2) is 0 Å². The van der Waals surface area contributed by atoms with E-state index in [2.05, 4.69) is 0 Å². The summed E-state index contributed by atoms with van der Waals surface area (Å²) < 4.78 is 11.0. The van der Waals surface area contributed by atoms with Crippen LogP contribution in [0.3, 0.4) is 0 Å². The maximum Gasteiger partial charge on any atom is 0.411 e. The molecule has 1 unspecified atom stereocenters. The molecule has 1 atom stereocenters. The predicted molar refractivity (Wildman–Crippen MR) is 79.0 cm³/mol. The van der Waals surface area contributed by atoms with Crippen LogP contribution in [0.5, 0.6) is 0 Å². The maximum absolute atomic E-state index is 12.5. The first-order chi connectivity index (χ1) is 9.89. The van der Waals surface area contributed by atoms with Gasteiger partial charge >= 0.3 is 6.09 Å². The van der Waals surface area contributed by atoms with Crippen molar-refractivity contribution in [3.63, 3.8) is 0 Å². The minimum Gasteiger partial charge on any atom is -0.444 e. The first-order valence-electron chi connectivity index (χ1n) is 7.14. The molecule has 1 aliphatic rings. The monoisotopic (exact) mass is 293 g/mol. The Hall–Kier alpha value is -1.59. The molecule has 0 saturated carbocycles. The van der Waals surface area contributed by atoms with E-state index in [0.29, 0.717) is 13.2 Å². The Bertz CT molecular complexity index is 483. The molecule has 1 N–H and O–H groups in total. The molecule has 0 aromatic heterocycles. The summed E-state index contributed by atoms with van der Waals surface area (Å²) in [6.45, 7) is 6.36. The lowest BCUT2D eigenvalue weighted by Crippen LogP contribution is -2.59. The van der Waals surface area contributed by atoms with Crippen LogP contribution in [0.25, 0.3) is 0 Å². The van der Waals surface area contributed by atoms with Crippen molar-refractivity contribution >= 4 is 6.09 Å². The van der Waals surface area contributed by atoms with Crippen LogP contribution in [0.2, 0.25) is 0 Å². The van der Waals surface area contributed by atoms with Gasteiger partial charge in [0.2, 0.25) is 0 Å². The van der Waals surface area contributed by atoms with Gasteiger partial charge in [-0.1, -0.05) is 30.3 Å². The van der Waals surface area contributed by atoms with E-state index in [1.165, 1.54) is 0 Å². The van der Waals surface area contributed by atoms with Crippen molar-refractivity contribution in [3.05, 3.63) is 35.9 Å². The van der Waals surface area contributed by atoms with E-state index in [0.717, 1.165) is 5.56 Å². The van der Waals surface area contributed by atoms with Gasteiger partial charge in [0.05, 0.1) is 19.8 Å². The Morgan fingerprint density at radius 3 is 2.62 bits per heavy atom. The molecular weight excluding hydrogens is 270 g/mol. The van der Waals surface area contributed by atoms with Gasteiger partial charge < -0.3 is 14.6 Å². The van der Waals surface area contributed by atoms with Crippen LogP contribution < -0.4 is 0 Å². The molecule has 116 valence electrons. The molecule has 5 nitrogen and oxygen atoms in total. The second kappa shape index (κ2) is 6.03. The fourth-order valence-electron chi connectivity index (χ4n) is 2.48. The highest BCUT2D eigenvalue weighted by Crippen LogP contribution is 2.32. The van der Waals surface area contributed by atoms with Crippen LogP contribution in [0.15, 0.2) is 30.3 Å². The summed E-state index contributed by atoms with van der Waals surface area (Å²) in [5.74, 6) is 0. The number of aliphatic hydroxyl groups excluding tert-OH is 1. The Labute approximate surface area is 125 Å². The van der Waals surface area contributed by atoms with Crippen molar-refractivity contribution in [1.82, 2.24) is 4.90 Å². The highest BCUT2D eigenvalue weighted by atomic mass is 16.6. The Morgan fingerprint density at radius 1 is 1.38 bits per heavy atom. The average molecular weight is 293 g/mol. The summed E-state index contributed by atoms with van der Waals surface area (Å²) in [7, 11) is 0. The Kier molecular flexibility index (Phi) is 4.54. The lowest BCUT2D eigenvalue weighted by atomic mass is 9.88. The second-order valence-corrected chi connectivity index (χ2v) is 6.24. The summed E-state index contributed by atoms with van der Waals surface area (Å²) in [5, 5.41) is 9.98. The molecule has 0 bridgehead atoms. The van der Waals surface area contributed by atoms with Crippen molar-refractivity contribution in [2.75, 3.05) is 26.4 Å². The Morgan fingerprint density at radius 2 is 2.05 bits per heavy atom. The SMILES string of the molecule is CC(C)(C)OC(=O)N1CCOCC1(CO)c1ccccc1. The molecular formula is C16H23NO4. The first-order valence-corrected chi connectivity index (χ1v) is 7.14. The van der Waals surface area contributed by atoms with Gasteiger partial charge in [-0.25, -0.2) is 4.79 Å². The van der Waals surface area contributed by atoms with Gasteiger partial charge in [0.1, 0.15) is 11.1 Å². The molecule has 1 aromatic carbocycles. The topological polar surface area (TPSA) is 59.0 Å². The summed E-state index contributed by atoms with van der Waals surface area (Å²) in [6.07, 6.45) is -0.427. The van der Waals surface area contributed by atoms with Crippen LogP contribution in [0.1, 0.15) is 26.3 Å². The highest BCUT2D eigenvalue weighted by Gasteiger charge is 2.45. The number of amides is 1. The number of rotatable bonds is 2. The zero-order chi connectivity index (χ0) is 15.5. The molecule has 1 fully saturated rings. The van der Waals surface area contributed by atoms with Gasteiger partial charge in [0.25, 0.3) is 0 Å². The van der Waals surface area contributed by atoms with Crippen LogP contribution in [0, 0.1) is 0 Å². The molecule has 1 heterocycles. The standard InChI is InChI=1S/C16H23NO4/c1-15(2,3)21-14(19)17-9-10-20-12-16(17,11-18)13-7-5-4-6-8-13/h4-8,18H,9-12H2,1-3H3.